The van der Waals surface area contributed by atoms with Crippen molar-refractivity contribution in [3.05, 3.63) is 98.9 Å². The first kappa shape index (κ1) is 22.1. The van der Waals surface area contributed by atoms with Gasteiger partial charge < -0.3 is 14.8 Å². The summed E-state index contributed by atoms with van der Waals surface area (Å²) in [5, 5.41) is 14.2. The van der Waals surface area contributed by atoms with Gasteiger partial charge in [0.25, 0.3) is 11.6 Å². The molecule has 1 saturated heterocycles. The molecule has 1 aliphatic rings. The first-order chi connectivity index (χ1) is 16.0. The Bertz CT molecular complexity index is 1250. The van der Waals surface area contributed by atoms with Crippen LogP contribution in [-0.4, -0.2) is 23.1 Å². The van der Waals surface area contributed by atoms with Crippen LogP contribution in [0.1, 0.15) is 11.1 Å². The van der Waals surface area contributed by atoms with Crippen molar-refractivity contribution < 1.29 is 19.2 Å². The highest BCUT2D eigenvalue weighted by atomic mass is 32.2. The van der Waals surface area contributed by atoms with E-state index >= 15 is 0 Å². The number of rotatable bonds is 7. The number of carbonyl (C=O) groups excluding carboxylic acids is 1. The SMILES string of the molecule is COc1ccc(N=C2NC(=O)/C(=C\c3ccccc3OCc3cccc([N+](=O)[O-])c3)S2)cc1. The van der Waals surface area contributed by atoms with E-state index < -0.39 is 4.92 Å². The van der Waals surface area contributed by atoms with E-state index in [0.717, 1.165) is 5.75 Å². The molecule has 4 rings (SSSR count). The lowest BCUT2D eigenvalue weighted by Gasteiger charge is -2.09. The molecule has 3 aromatic carbocycles. The van der Waals surface area contributed by atoms with Crippen LogP contribution < -0.4 is 14.8 Å². The van der Waals surface area contributed by atoms with E-state index in [9.17, 15) is 14.9 Å². The van der Waals surface area contributed by atoms with Gasteiger partial charge in [0.2, 0.25) is 0 Å². The third-order valence-corrected chi connectivity index (χ3v) is 5.59. The lowest BCUT2D eigenvalue weighted by atomic mass is 10.1. The molecule has 0 aliphatic carbocycles. The van der Waals surface area contributed by atoms with Crippen molar-refractivity contribution in [2.45, 2.75) is 6.61 Å². The fourth-order valence-electron chi connectivity index (χ4n) is 3.05. The van der Waals surface area contributed by atoms with E-state index in [-0.39, 0.29) is 18.2 Å². The summed E-state index contributed by atoms with van der Waals surface area (Å²) >= 11 is 1.24. The number of amidine groups is 1. The van der Waals surface area contributed by atoms with Gasteiger partial charge in [-0.3, -0.25) is 14.9 Å². The molecule has 0 aromatic heterocycles. The predicted octanol–water partition coefficient (Wildman–Crippen LogP) is 5.07. The van der Waals surface area contributed by atoms with Crippen molar-refractivity contribution in [1.29, 1.82) is 0 Å². The van der Waals surface area contributed by atoms with E-state index in [1.807, 2.05) is 18.2 Å². The predicted molar refractivity (Wildman–Crippen MR) is 128 cm³/mol. The minimum atomic E-state index is -0.442. The summed E-state index contributed by atoms with van der Waals surface area (Å²) in [6, 6.07) is 20.8. The molecule has 166 valence electrons. The molecule has 8 nitrogen and oxygen atoms in total. The van der Waals surface area contributed by atoms with Crippen LogP contribution >= 0.6 is 11.8 Å². The Hall–Kier alpha value is -4.11. The number of aliphatic imine (C=N–C) groups is 1. The average molecular weight is 461 g/mol. The number of para-hydroxylation sites is 1. The van der Waals surface area contributed by atoms with Crippen molar-refractivity contribution in [2.24, 2.45) is 4.99 Å². The van der Waals surface area contributed by atoms with Gasteiger partial charge in [0.1, 0.15) is 18.1 Å². The monoisotopic (exact) mass is 461 g/mol. The molecule has 0 saturated carbocycles. The van der Waals surface area contributed by atoms with Crippen LogP contribution in [0, 0.1) is 10.1 Å². The molecule has 0 spiro atoms. The first-order valence-electron chi connectivity index (χ1n) is 9.90. The number of thioether (sulfide) groups is 1. The first-order valence-corrected chi connectivity index (χ1v) is 10.7. The molecule has 1 fully saturated rings. The molecule has 0 radical (unpaired) electrons. The number of methoxy groups -OCH3 is 1. The van der Waals surface area contributed by atoms with Crippen LogP contribution in [0.5, 0.6) is 11.5 Å². The maximum atomic E-state index is 12.5. The number of benzene rings is 3. The smallest absolute Gasteiger partial charge is 0.269 e. The molecule has 0 unspecified atom stereocenters. The van der Waals surface area contributed by atoms with E-state index in [4.69, 9.17) is 9.47 Å². The number of nitro groups is 1. The second-order valence-electron chi connectivity index (χ2n) is 6.93. The number of nitro benzene ring substituents is 1. The summed E-state index contributed by atoms with van der Waals surface area (Å²) in [6.45, 7) is 0.158. The third-order valence-electron chi connectivity index (χ3n) is 4.68. The fourth-order valence-corrected chi connectivity index (χ4v) is 3.88. The number of amides is 1. The number of ether oxygens (including phenoxy) is 2. The normalized spacial score (nSPS) is 15.5. The number of non-ortho nitro benzene ring substituents is 1. The summed E-state index contributed by atoms with van der Waals surface area (Å²) in [5.74, 6) is 1.04. The number of hydrogen-bond donors (Lipinski definition) is 1. The number of nitrogens with zero attached hydrogens (tertiary/aromatic N) is 2. The Morgan fingerprint density at radius 1 is 1.09 bits per heavy atom. The number of hydrogen-bond acceptors (Lipinski definition) is 7. The van der Waals surface area contributed by atoms with Crippen LogP contribution in [0.4, 0.5) is 11.4 Å². The summed E-state index contributed by atoms with van der Waals surface area (Å²) in [4.78, 5) is 27.9. The van der Waals surface area contributed by atoms with Crippen LogP contribution in [0.15, 0.2) is 82.7 Å². The molecular formula is C24H19N3O5S. The highest BCUT2D eigenvalue weighted by Crippen LogP contribution is 2.31. The van der Waals surface area contributed by atoms with Gasteiger partial charge in [0.05, 0.1) is 22.6 Å². The van der Waals surface area contributed by atoms with Crippen molar-refractivity contribution in [1.82, 2.24) is 5.32 Å². The third kappa shape index (κ3) is 5.58. The minimum Gasteiger partial charge on any atom is -0.497 e. The van der Waals surface area contributed by atoms with Crippen LogP contribution in [0.25, 0.3) is 6.08 Å². The zero-order chi connectivity index (χ0) is 23.2. The molecule has 1 amide bonds. The quantitative estimate of drug-likeness (QED) is 0.299. The summed E-state index contributed by atoms with van der Waals surface area (Å²) < 4.78 is 11.0. The van der Waals surface area contributed by atoms with Crippen molar-refractivity contribution in [3.8, 4) is 11.5 Å². The molecular weight excluding hydrogens is 442 g/mol. The second-order valence-corrected chi connectivity index (χ2v) is 7.96. The number of nitrogens with one attached hydrogen (secondary N) is 1. The van der Waals surface area contributed by atoms with E-state index in [1.165, 1.54) is 23.9 Å². The fraction of sp³-hybridized carbons (Fsp3) is 0.0833. The zero-order valence-electron chi connectivity index (χ0n) is 17.6. The van der Waals surface area contributed by atoms with Gasteiger partial charge in [0, 0.05) is 17.7 Å². The van der Waals surface area contributed by atoms with E-state index in [2.05, 4.69) is 10.3 Å². The largest absolute Gasteiger partial charge is 0.497 e. The lowest BCUT2D eigenvalue weighted by molar-refractivity contribution is -0.384. The van der Waals surface area contributed by atoms with Crippen LogP contribution in [0.2, 0.25) is 0 Å². The maximum Gasteiger partial charge on any atom is 0.269 e. The van der Waals surface area contributed by atoms with Gasteiger partial charge in [-0.2, -0.15) is 0 Å². The summed E-state index contributed by atoms with van der Waals surface area (Å²) in [6.07, 6.45) is 1.74. The highest BCUT2D eigenvalue weighted by molar-refractivity contribution is 8.18. The Morgan fingerprint density at radius 3 is 2.64 bits per heavy atom. The topological polar surface area (TPSA) is 103 Å². The molecule has 3 aromatic rings. The van der Waals surface area contributed by atoms with Gasteiger partial charge >= 0.3 is 0 Å². The average Bonchev–Trinajstić information content (AvgIpc) is 3.17. The standard InChI is InChI=1S/C24H19N3O5S/c1-31-20-11-9-18(10-12-20)25-24-26-23(28)22(33-24)14-17-6-2-3-8-21(17)32-15-16-5-4-7-19(13-16)27(29)30/h2-14H,15H2,1H3,(H,25,26,28)/b22-14+. The van der Waals surface area contributed by atoms with Crippen molar-refractivity contribution in [3.63, 3.8) is 0 Å². The van der Waals surface area contributed by atoms with Gasteiger partial charge in [0.15, 0.2) is 5.17 Å². The molecule has 33 heavy (non-hydrogen) atoms. The van der Waals surface area contributed by atoms with Gasteiger partial charge in [-0.05, 0) is 53.7 Å². The molecule has 1 aliphatic heterocycles. The van der Waals surface area contributed by atoms with E-state index in [0.29, 0.717) is 32.6 Å². The lowest BCUT2D eigenvalue weighted by Crippen LogP contribution is -2.19. The zero-order valence-corrected chi connectivity index (χ0v) is 18.4. The highest BCUT2D eigenvalue weighted by Gasteiger charge is 2.24. The number of carbonyl (C=O) groups is 1. The molecule has 9 heteroatoms. The Balaban J connectivity index is 1.50. The Morgan fingerprint density at radius 2 is 1.88 bits per heavy atom. The van der Waals surface area contributed by atoms with Crippen LogP contribution in [0.3, 0.4) is 0 Å². The maximum absolute atomic E-state index is 12.5. The second kappa shape index (κ2) is 10.0. The van der Waals surface area contributed by atoms with Crippen molar-refractivity contribution in [2.75, 3.05) is 7.11 Å². The molecule has 0 bridgehead atoms. The summed E-state index contributed by atoms with van der Waals surface area (Å²) in [7, 11) is 1.59. The van der Waals surface area contributed by atoms with Crippen LogP contribution in [-0.2, 0) is 11.4 Å². The molecule has 0 atom stereocenters. The Labute approximate surface area is 194 Å². The summed E-state index contributed by atoms with van der Waals surface area (Å²) in [5.41, 5.74) is 2.09. The molecule has 1 heterocycles. The van der Waals surface area contributed by atoms with Crippen molar-refractivity contribution >= 4 is 40.3 Å². The minimum absolute atomic E-state index is 0.00852. The van der Waals surface area contributed by atoms with Gasteiger partial charge in [-0.15, -0.1) is 0 Å². The molecule has 1 N–H and O–H groups in total. The van der Waals surface area contributed by atoms with E-state index in [1.54, 1.807) is 55.7 Å². The van der Waals surface area contributed by atoms with Gasteiger partial charge in [-0.25, -0.2) is 4.99 Å². The van der Waals surface area contributed by atoms with Gasteiger partial charge in [-0.1, -0.05) is 30.3 Å². The Kier molecular flexibility index (Phi) is 6.70.